The molecule has 0 amide bonds. The number of esters is 1. The molecule has 0 atom stereocenters. The second kappa shape index (κ2) is 5.17. The molecule has 100 valence electrons. The fourth-order valence-corrected chi connectivity index (χ4v) is 1.86. The van der Waals surface area contributed by atoms with Crippen LogP contribution in [0, 0.1) is 11.6 Å². The maximum atomic E-state index is 13.6. The minimum absolute atomic E-state index is 0.00111. The van der Waals surface area contributed by atoms with Gasteiger partial charge in [-0.25, -0.2) is 13.6 Å². The number of halogens is 2. The van der Waals surface area contributed by atoms with Crippen molar-refractivity contribution in [3.05, 3.63) is 35.5 Å². The van der Waals surface area contributed by atoms with Crippen LogP contribution >= 0.6 is 0 Å². The van der Waals surface area contributed by atoms with Gasteiger partial charge in [0.25, 0.3) is 0 Å². The number of carbonyl (C=O) groups excluding carboxylic acids is 1. The maximum absolute atomic E-state index is 13.6. The summed E-state index contributed by atoms with van der Waals surface area (Å²) >= 11 is 0. The third kappa shape index (κ3) is 2.33. The van der Waals surface area contributed by atoms with Crippen LogP contribution in [-0.2, 0) is 4.74 Å². The molecule has 0 radical (unpaired) electrons. The SMILES string of the molecule is CCOC(=O)c1cnc2c(F)cc(F)cc2c1NC. The molecule has 0 fully saturated rings. The molecule has 0 aliphatic heterocycles. The zero-order valence-corrected chi connectivity index (χ0v) is 10.5. The average molecular weight is 266 g/mol. The molecular formula is C13H12F2N2O2. The smallest absolute Gasteiger partial charge is 0.341 e. The molecule has 0 aliphatic rings. The van der Waals surface area contributed by atoms with Gasteiger partial charge in [0.05, 0.1) is 12.3 Å². The highest BCUT2D eigenvalue weighted by molar-refractivity contribution is 6.04. The molecule has 0 saturated heterocycles. The summed E-state index contributed by atoms with van der Waals surface area (Å²) in [6.07, 6.45) is 1.22. The first-order chi connectivity index (χ1) is 9.08. The van der Waals surface area contributed by atoms with Crippen molar-refractivity contribution < 1.29 is 18.3 Å². The quantitative estimate of drug-likeness (QED) is 0.868. The Balaban J connectivity index is 2.72. The van der Waals surface area contributed by atoms with Crippen molar-refractivity contribution in [2.75, 3.05) is 19.0 Å². The number of benzene rings is 1. The van der Waals surface area contributed by atoms with Crippen LogP contribution in [0.25, 0.3) is 10.9 Å². The molecule has 1 aromatic heterocycles. The van der Waals surface area contributed by atoms with E-state index in [4.69, 9.17) is 4.74 Å². The molecule has 0 bridgehead atoms. The maximum Gasteiger partial charge on any atom is 0.341 e. The number of hydrogen-bond donors (Lipinski definition) is 1. The number of fused-ring (bicyclic) bond motifs is 1. The van der Waals surface area contributed by atoms with Gasteiger partial charge in [-0.05, 0) is 13.0 Å². The molecule has 0 spiro atoms. The molecule has 4 nitrogen and oxygen atoms in total. The van der Waals surface area contributed by atoms with Crippen LogP contribution in [0.5, 0.6) is 0 Å². The fraction of sp³-hybridized carbons (Fsp3) is 0.231. The summed E-state index contributed by atoms with van der Waals surface area (Å²) in [6.45, 7) is 1.88. The highest BCUT2D eigenvalue weighted by atomic mass is 19.1. The minimum Gasteiger partial charge on any atom is -0.462 e. The molecule has 0 saturated carbocycles. The number of hydrogen-bond acceptors (Lipinski definition) is 4. The van der Waals surface area contributed by atoms with Gasteiger partial charge in [0, 0.05) is 24.7 Å². The summed E-state index contributed by atoms with van der Waals surface area (Å²) in [6, 6.07) is 1.87. The van der Waals surface area contributed by atoms with E-state index in [9.17, 15) is 13.6 Å². The van der Waals surface area contributed by atoms with E-state index in [-0.39, 0.29) is 23.1 Å². The van der Waals surface area contributed by atoms with Crippen molar-refractivity contribution in [3.8, 4) is 0 Å². The van der Waals surface area contributed by atoms with Gasteiger partial charge < -0.3 is 10.1 Å². The van der Waals surface area contributed by atoms with Crippen LogP contribution in [-0.4, -0.2) is 24.6 Å². The second-order valence-electron chi connectivity index (χ2n) is 3.80. The molecule has 1 N–H and O–H groups in total. The van der Waals surface area contributed by atoms with E-state index in [0.29, 0.717) is 5.69 Å². The van der Waals surface area contributed by atoms with Crippen LogP contribution in [0.2, 0.25) is 0 Å². The largest absolute Gasteiger partial charge is 0.462 e. The lowest BCUT2D eigenvalue weighted by Gasteiger charge is -2.11. The first kappa shape index (κ1) is 13.2. The topological polar surface area (TPSA) is 51.2 Å². The third-order valence-corrected chi connectivity index (χ3v) is 2.63. The average Bonchev–Trinajstić information content (AvgIpc) is 2.37. The van der Waals surface area contributed by atoms with E-state index in [1.54, 1.807) is 14.0 Å². The zero-order chi connectivity index (χ0) is 14.0. The van der Waals surface area contributed by atoms with Gasteiger partial charge in [-0.3, -0.25) is 4.98 Å². The van der Waals surface area contributed by atoms with Crippen molar-refractivity contribution in [3.63, 3.8) is 0 Å². The van der Waals surface area contributed by atoms with E-state index in [0.717, 1.165) is 12.1 Å². The molecule has 0 aliphatic carbocycles. The van der Waals surface area contributed by atoms with E-state index in [1.807, 2.05) is 0 Å². The molecule has 6 heteroatoms. The van der Waals surface area contributed by atoms with Gasteiger partial charge in [0.15, 0.2) is 5.82 Å². The third-order valence-electron chi connectivity index (χ3n) is 2.63. The molecule has 19 heavy (non-hydrogen) atoms. The lowest BCUT2D eigenvalue weighted by molar-refractivity contribution is 0.0527. The van der Waals surface area contributed by atoms with Gasteiger partial charge >= 0.3 is 5.97 Å². The lowest BCUT2D eigenvalue weighted by Crippen LogP contribution is -2.09. The standard InChI is InChI=1S/C13H12F2N2O2/c1-3-19-13(18)9-6-17-12-8(11(9)16-2)4-7(14)5-10(12)15/h4-6H,3H2,1-2H3,(H,16,17). The fourth-order valence-electron chi connectivity index (χ4n) is 1.86. The molecular weight excluding hydrogens is 254 g/mol. The van der Waals surface area contributed by atoms with E-state index >= 15 is 0 Å². The normalized spacial score (nSPS) is 10.5. The van der Waals surface area contributed by atoms with Gasteiger partial charge in [-0.2, -0.15) is 0 Å². The van der Waals surface area contributed by atoms with Gasteiger partial charge in [-0.15, -0.1) is 0 Å². The van der Waals surface area contributed by atoms with Crippen molar-refractivity contribution in [2.24, 2.45) is 0 Å². The Kier molecular flexibility index (Phi) is 3.59. The Hall–Kier alpha value is -2.24. The summed E-state index contributed by atoms with van der Waals surface area (Å²) in [5.41, 5.74) is 0.433. The van der Waals surface area contributed by atoms with Crippen LogP contribution in [0.3, 0.4) is 0 Å². The number of carbonyl (C=O) groups is 1. The first-order valence-electron chi connectivity index (χ1n) is 5.71. The predicted molar refractivity (Wildman–Crippen MR) is 67.2 cm³/mol. The number of nitrogens with one attached hydrogen (secondary N) is 1. The van der Waals surface area contributed by atoms with Crippen LogP contribution in [0.4, 0.5) is 14.5 Å². The van der Waals surface area contributed by atoms with Gasteiger partial charge in [-0.1, -0.05) is 0 Å². The summed E-state index contributed by atoms with van der Waals surface area (Å²) < 4.78 is 31.8. The summed E-state index contributed by atoms with van der Waals surface area (Å²) in [4.78, 5) is 15.6. The van der Waals surface area contributed by atoms with Crippen molar-refractivity contribution in [1.29, 1.82) is 0 Å². The van der Waals surface area contributed by atoms with E-state index in [2.05, 4.69) is 10.3 Å². The molecule has 1 heterocycles. The predicted octanol–water partition coefficient (Wildman–Crippen LogP) is 2.73. The number of ether oxygens (including phenoxy) is 1. The van der Waals surface area contributed by atoms with Crippen LogP contribution in [0.15, 0.2) is 18.3 Å². The summed E-state index contributed by atoms with van der Waals surface area (Å²) in [5.74, 6) is -2.10. The van der Waals surface area contributed by atoms with Gasteiger partial charge in [0.1, 0.15) is 16.9 Å². The van der Waals surface area contributed by atoms with Crippen molar-refractivity contribution in [1.82, 2.24) is 4.98 Å². The van der Waals surface area contributed by atoms with Crippen LogP contribution in [0.1, 0.15) is 17.3 Å². The second-order valence-corrected chi connectivity index (χ2v) is 3.80. The van der Waals surface area contributed by atoms with Gasteiger partial charge in [0.2, 0.25) is 0 Å². The number of nitrogens with zero attached hydrogens (tertiary/aromatic N) is 1. The lowest BCUT2D eigenvalue weighted by atomic mass is 10.1. The molecule has 1 aromatic carbocycles. The van der Waals surface area contributed by atoms with Crippen molar-refractivity contribution in [2.45, 2.75) is 6.92 Å². The highest BCUT2D eigenvalue weighted by Gasteiger charge is 2.18. The van der Waals surface area contributed by atoms with Crippen molar-refractivity contribution >= 4 is 22.6 Å². The minimum atomic E-state index is -0.776. The number of anilines is 1. The Bertz CT molecular complexity index is 644. The Morgan fingerprint density at radius 3 is 2.79 bits per heavy atom. The number of rotatable bonds is 3. The number of aromatic nitrogens is 1. The number of pyridine rings is 1. The zero-order valence-electron chi connectivity index (χ0n) is 10.5. The Labute approximate surface area is 108 Å². The first-order valence-corrected chi connectivity index (χ1v) is 5.71. The van der Waals surface area contributed by atoms with E-state index < -0.39 is 17.6 Å². The Morgan fingerprint density at radius 2 is 2.16 bits per heavy atom. The highest BCUT2D eigenvalue weighted by Crippen LogP contribution is 2.28. The summed E-state index contributed by atoms with van der Waals surface area (Å²) in [7, 11) is 1.56. The summed E-state index contributed by atoms with van der Waals surface area (Å²) in [5, 5.41) is 2.96. The van der Waals surface area contributed by atoms with E-state index in [1.165, 1.54) is 6.20 Å². The molecule has 2 rings (SSSR count). The monoisotopic (exact) mass is 266 g/mol. The molecule has 0 unspecified atom stereocenters. The molecule has 2 aromatic rings. The Morgan fingerprint density at radius 1 is 1.42 bits per heavy atom. The van der Waals surface area contributed by atoms with Crippen LogP contribution < -0.4 is 5.32 Å².